The largest absolute Gasteiger partial charge is 0.481 e. The zero-order valence-corrected chi connectivity index (χ0v) is 22.4. The van der Waals surface area contributed by atoms with E-state index in [1.807, 2.05) is 12.1 Å². The maximum atomic E-state index is 12.5. The lowest BCUT2D eigenvalue weighted by atomic mass is 10.1. The van der Waals surface area contributed by atoms with E-state index in [9.17, 15) is 14.4 Å². The molecule has 1 aromatic carbocycles. The number of unbranched alkanes of at least 4 members (excludes halogenated alkanes) is 7. The Morgan fingerprint density at radius 3 is 2.03 bits per heavy atom. The third-order valence-electron chi connectivity index (χ3n) is 6.12. The summed E-state index contributed by atoms with van der Waals surface area (Å²) in [6, 6.07) is 10.9. The number of allylic oxidation sites excluding steroid dienone is 1. The number of thiophene rings is 1. The van der Waals surface area contributed by atoms with E-state index in [0.29, 0.717) is 17.7 Å². The summed E-state index contributed by atoms with van der Waals surface area (Å²) in [6.45, 7) is 6.81. The fourth-order valence-corrected chi connectivity index (χ4v) is 4.98. The maximum Gasteiger partial charge on any atom is 0.303 e. The smallest absolute Gasteiger partial charge is 0.303 e. The van der Waals surface area contributed by atoms with Crippen LogP contribution in [-0.4, -0.2) is 42.4 Å². The van der Waals surface area contributed by atoms with Crippen LogP contribution in [0.4, 0.5) is 5.00 Å². The van der Waals surface area contributed by atoms with Crippen LogP contribution in [0.1, 0.15) is 97.2 Å². The number of carbonyl (C=O) groups is 3. The molecular formula is C29H40N2O4S. The number of nitrogens with zero attached hydrogens (tertiary/aromatic N) is 1. The minimum absolute atomic E-state index is 0.0818. The molecule has 2 aromatic rings. The predicted molar refractivity (Wildman–Crippen MR) is 149 cm³/mol. The number of carbonyl (C=O) groups excluding carboxylic acids is 2. The normalized spacial score (nSPS) is 11.1. The van der Waals surface area contributed by atoms with Crippen LogP contribution in [0.5, 0.6) is 0 Å². The number of ketones is 1. The van der Waals surface area contributed by atoms with Crippen LogP contribution in [0.25, 0.3) is 6.08 Å². The fourth-order valence-electron chi connectivity index (χ4n) is 3.94. The Morgan fingerprint density at radius 1 is 0.833 bits per heavy atom. The fraction of sp³-hybridized carbons (Fsp3) is 0.483. The topological polar surface area (TPSA) is 86.7 Å². The molecule has 0 radical (unpaired) electrons. The average molecular weight is 513 g/mol. The highest BCUT2D eigenvalue weighted by molar-refractivity contribution is 7.16. The van der Waals surface area contributed by atoms with Crippen molar-refractivity contribution in [2.24, 2.45) is 0 Å². The summed E-state index contributed by atoms with van der Waals surface area (Å²) in [5.74, 6) is -0.917. The highest BCUT2D eigenvalue weighted by Gasteiger charge is 2.08. The van der Waals surface area contributed by atoms with Crippen LogP contribution in [0, 0.1) is 0 Å². The van der Waals surface area contributed by atoms with Crippen molar-refractivity contribution in [2.45, 2.75) is 71.6 Å². The SMILES string of the molecule is CCN(CC)c1ccc(/C=C/C(=O)c2ccc(C(=O)NCCCCCCCCCCC(=O)O)cc2)s1. The molecule has 0 aliphatic rings. The van der Waals surface area contributed by atoms with Crippen molar-refractivity contribution in [3.8, 4) is 0 Å². The monoisotopic (exact) mass is 512 g/mol. The average Bonchev–Trinajstić information content (AvgIpc) is 3.35. The van der Waals surface area contributed by atoms with E-state index in [1.54, 1.807) is 41.7 Å². The van der Waals surface area contributed by atoms with E-state index in [2.05, 4.69) is 30.1 Å². The number of nitrogens with one attached hydrogen (secondary N) is 1. The second-order valence-electron chi connectivity index (χ2n) is 8.85. The molecule has 36 heavy (non-hydrogen) atoms. The summed E-state index contributed by atoms with van der Waals surface area (Å²) in [4.78, 5) is 38.7. The molecule has 1 aromatic heterocycles. The van der Waals surface area contributed by atoms with Gasteiger partial charge in [-0.25, -0.2) is 0 Å². The summed E-state index contributed by atoms with van der Waals surface area (Å²) in [5, 5.41) is 12.8. The molecule has 0 saturated heterocycles. The second-order valence-corrected chi connectivity index (χ2v) is 9.95. The maximum absolute atomic E-state index is 12.5. The molecule has 0 aliphatic heterocycles. The van der Waals surface area contributed by atoms with E-state index in [4.69, 9.17) is 5.11 Å². The van der Waals surface area contributed by atoms with Gasteiger partial charge in [0.25, 0.3) is 5.91 Å². The zero-order chi connectivity index (χ0) is 26.2. The first-order chi connectivity index (χ1) is 17.4. The van der Waals surface area contributed by atoms with E-state index < -0.39 is 5.97 Å². The molecule has 0 saturated carbocycles. The molecular weight excluding hydrogens is 472 g/mol. The number of hydrogen-bond acceptors (Lipinski definition) is 5. The number of carboxylic acid groups (broad SMARTS) is 1. The van der Waals surface area contributed by atoms with E-state index in [-0.39, 0.29) is 18.1 Å². The number of benzene rings is 1. The molecule has 0 aliphatic carbocycles. The van der Waals surface area contributed by atoms with Gasteiger partial charge in [0.15, 0.2) is 5.78 Å². The zero-order valence-electron chi connectivity index (χ0n) is 21.6. The number of rotatable bonds is 18. The predicted octanol–water partition coefficient (Wildman–Crippen LogP) is 6.82. The van der Waals surface area contributed by atoms with Gasteiger partial charge in [-0.15, -0.1) is 11.3 Å². The lowest BCUT2D eigenvalue weighted by Crippen LogP contribution is -2.24. The van der Waals surface area contributed by atoms with E-state index in [0.717, 1.165) is 69.3 Å². The van der Waals surface area contributed by atoms with Crippen molar-refractivity contribution in [3.05, 3.63) is 58.5 Å². The summed E-state index contributed by atoms with van der Waals surface area (Å²) in [5.41, 5.74) is 1.12. The van der Waals surface area contributed by atoms with Gasteiger partial charge in [-0.1, -0.05) is 50.7 Å². The van der Waals surface area contributed by atoms with Crippen molar-refractivity contribution in [3.63, 3.8) is 0 Å². The summed E-state index contributed by atoms with van der Waals surface area (Å²) in [7, 11) is 0. The van der Waals surface area contributed by atoms with Crippen LogP contribution in [-0.2, 0) is 4.79 Å². The van der Waals surface area contributed by atoms with Crippen molar-refractivity contribution in [1.29, 1.82) is 0 Å². The van der Waals surface area contributed by atoms with Crippen molar-refractivity contribution < 1.29 is 19.5 Å². The molecule has 2 N–H and O–H groups in total. The van der Waals surface area contributed by atoms with Gasteiger partial charge in [-0.3, -0.25) is 14.4 Å². The Kier molecular flexibility index (Phi) is 13.6. The number of carboxylic acids is 1. The minimum Gasteiger partial charge on any atom is -0.481 e. The van der Waals surface area contributed by atoms with Crippen LogP contribution >= 0.6 is 11.3 Å². The van der Waals surface area contributed by atoms with Crippen molar-refractivity contribution in [2.75, 3.05) is 24.5 Å². The third-order valence-corrected chi connectivity index (χ3v) is 7.23. The molecule has 0 fully saturated rings. The number of hydrogen-bond donors (Lipinski definition) is 2. The van der Waals surface area contributed by atoms with Gasteiger partial charge in [0.1, 0.15) is 0 Å². The lowest BCUT2D eigenvalue weighted by molar-refractivity contribution is -0.137. The highest BCUT2D eigenvalue weighted by Crippen LogP contribution is 2.27. The Balaban J connectivity index is 1.65. The standard InChI is InChI=1S/C29H40N2O4S/c1-3-31(4-2)27-21-19-25(36-27)18-20-26(32)23-14-16-24(17-15-23)29(35)30-22-12-10-8-6-5-7-9-11-13-28(33)34/h14-21H,3-13,22H2,1-2H3,(H,30,35)(H,33,34)/b20-18+. The van der Waals surface area contributed by atoms with Gasteiger partial charge < -0.3 is 15.3 Å². The molecule has 0 bridgehead atoms. The molecule has 2 rings (SSSR count). The van der Waals surface area contributed by atoms with Crippen LogP contribution in [0.15, 0.2) is 42.5 Å². The van der Waals surface area contributed by atoms with Crippen LogP contribution < -0.4 is 10.2 Å². The van der Waals surface area contributed by atoms with Gasteiger partial charge in [0.2, 0.25) is 0 Å². The number of amides is 1. The summed E-state index contributed by atoms with van der Waals surface area (Å²) >= 11 is 1.67. The van der Waals surface area contributed by atoms with Crippen molar-refractivity contribution in [1.82, 2.24) is 5.32 Å². The quantitative estimate of drug-likeness (QED) is 0.130. The molecule has 0 unspecified atom stereocenters. The molecule has 0 spiro atoms. The molecule has 0 atom stereocenters. The summed E-state index contributed by atoms with van der Waals surface area (Å²) in [6.07, 6.45) is 11.9. The van der Waals surface area contributed by atoms with Gasteiger partial charge in [-0.2, -0.15) is 0 Å². The second kappa shape index (κ2) is 16.7. The highest BCUT2D eigenvalue weighted by atomic mass is 32.1. The summed E-state index contributed by atoms with van der Waals surface area (Å²) < 4.78 is 0. The minimum atomic E-state index is -0.715. The van der Waals surface area contributed by atoms with Crippen LogP contribution in [0.2, 0.25) is 0 Å². The van der Waals surface area contributed by atoms with Gasteiger partial charge >= 0.3 is 5.97 Å². The number of aliphatic carboxylic acids is 1. The Morgan fingerprint density at radius 2 is 1.42 bits per heavy atom. The molecule has 1 amide bonds. The first-order valence-corrected chi connectivity index (χ1v) is 13.9. The Labute approximate surface area is 219 Å². The molecule has 6 nitrogen and oxygen atoms in total. The van der Waals surface area contributed by atoms with Gasteiger partial charge in [0.05, 0.1) is 5.00 Å². The van der Waals surface area contributed by atoms with Crippen molar-refractivity contribution >= 4 is 40.1 Å². The van der Waals surface area contributed by atoms with Gasteiger partial charge in [0, 0.05) is 42.1 Å². The third kappa shape index (κ3) is 10.8. The Bertz CT molecular complexity index is 977. The van der Waals surface area contributed by atoms with E-state index >= 15 is 0 Å². The molecule has 196 valence electrons. The molecule has 1 heterocycles. The molecule has 7 heteroatoms. The first-order valence-electron chi connectivity index (χ1n) is 13.1. The van der Waals surface area contributed by atoms with Gasteiger partial charge in [-0.05, 0) is 63.1 Å². The van der Waals surface area contributed by atoms with E-state index in [1.165, 1.54) is 5.00 Å². The number of anilines is 1. The Hall–Kier alpha value is -2.93. The lowest BCUT2D eigenvalue weighted by Gasteiger charge is -2.17. The van der Waals surface area contributed by atoms with Crippen LogP contribution in [0.3, 0.4) is 0 Å². The first kappa shape index (κ1) is 29.3.